The highest BCUT2D eigenvalue weighted by Crippen LogP contribution is 2.23. The lowest BCUT2D eigenvalue weighted by molar-refractivity contribution is -0.274. The fourth-order valence-electron chi connectivity index (χ4n) is 2.29. The number of fused-ring (bicyclic) bond motifs is 1. The average molecular weight is 367 g/mol. The van der Waals surface area contributed by atoms with Gasteiger partial charge >= 0.3 is 18.1 Å². The van der Waals surface area contributed by atoms with Gasteiger partial charge in [0.25, 0.3) is 0 Å². The van der Waals surface area contributed by atoms with Crippen LogP contribution < -0.4 is 10.5 Å². The van der Waals surface area contributed by atoms with E-state index in [9.17, 15) is 22.8 Å². The first-order valence-corrected chi connectivity index (χ1v) is 7.40. The number of aromatic nitrogens is 1. The van der Waals surface area contributed by atoms with Gasteiger partial charge in [-0.3, -0.25) is 9.36 Å². The lowest BCUT2D eigenvalue weighted by Gasteiger charge is -2.09. The van der Waals surface area contributed by atoms with E-state index in [-0.39, 0.29) is 18.9 Å². The predicted octanol–water partition coefficient (Wildman–Crippen LogP) is 3.24. The molecule has 3 rings (SSSR count). The number of esters is 1. The monoisotopic (exact) mass is 367 g/mol. The summed E-state index contributed by atoms with van der Waals surface area (Å²) in [5, 5.41) is 0. The maximum absolute atomic E-state index is 12.1. The molecule has 1 heterocycles. The van der Waals surface area contributed by atoms with Crippen molar-refractivity contribution in [2.24, 2.45) is 0 Å². The standard InChI is InChI=1S/C17H12F3NO5/c18-17(19,20)26-12-7-5-11(6-8-12)10-24-15(22)9-21-13-3-1-2-4-14(13)25-16(21)23/h1-8H,9-10H2. The largest absolute Gasteiger partial charge is 0.573 e. The molecule has 0 saturated carbocycles. The fourth-order valence-corrected chi connectivity index (χ4v) is 2.29. The zero-order chi connectivity index (χ0) is 18.7. The second-order valence-corrected chi connectivity index (χ2v) is 5.27. The molecule has 0 radical (unpaired) electrons. The van der Waals surface area contributed by atoms with Crippen LogP contribution in [0.15, 0.2) is 57.7 Å². The highest BCUT2D eigenvalue weighted by Gasteiger charge is 2.30. The van der Waals surface area contributed by atoms with Gasteiger partial charge in [0.15, 0.2) is 5.58 Å². The first-order valence-electron chi connectivity index (χ1n) is 7.40. The Labute approximate surface area is 144 Å². The van der Waals surface area contributed by atoms with Crippen molar-refractivity contribution in [3.63, 3.8) is 0 Å². The Morgan fingerprint density at radius 1 is 1.08 bits per heavy atom. The topological polar surface area (TPSA) is 70.7 Å². The van der Waals surface area contributed by atoms with Crippen molar-refractivity contribution in [1.29, 1.82) is 0 Å². The fraction of sp³-hybridized carbons (Fsp3) is 0.176. The summed E-state index contributed by atoms with van der Waals surface area (Å²) in [7, 11) is 0. The molecule has 0 amide bonds. The number of halogens is 3. The van der Waals surface area contributed by atoms with E-state index in [0.717, 1.165) is 16.7 Å². The highest BCUT2D eigenvalue weighted by molar-refractivity contribution is 5.76. The van der Waals surface area contributed by atoms with E-state index in [1.54, 1.807) is 24.3 Å². The number of rotatable bonds is 5. The quantitative estimate of drug-likeness (QED) is 0.648. The summed E-state index contributed by atoms with van der Waals surface area (Å²) in [5.41, 5.74) is 1.28. The second-order valence-electron chi connectivity index (χ2n) is 5.27. The molecular weight excluding hydrogens is 355 g/mol. The number of oxazole rings is 1. The summed E-state index contributed by atoms with van der Waals surface area (Å²) < 4.78 is 51.2. The molecule has 2 aromatic carbocycles. The summed E-state index contributed by atoms with van der Waals surface area (Å²) in [6.45, 7) is -0.499. The minimum absolute atomic E-state index is 0.157. The van der Waals surface area contributed by atoms with E-state index < -0.39 is 18.1 Å². The number of benzene rings is 2. The first-order chi connectivity index (χ1) is 12.3. The first kappa shape index (κ1) is 17.6. The Morgan fingerprint density at radius 3 is 2.46 bits per heavy atom. The number of para-hydroxylation sites is 2. The molecule has 0 aliphatic carbocycles. The molecular formula is C17H12F3NO5. The van der Waals surface area contributed by atoms with Gasteiger partial charge in [-0.2, -0.15) is 0 Å². The van der Waals surface area contributed by atoms with E-state index in [1.165, 1.54) is 12.1 Å². The Kier molecular flexibility index (Phi) is 4.70. The molecule has 1 aromatic heterocycles. The molecule has 9 heteroatoms. The smallest absolute Gasteiger partial charge is 0.459 e. The third-order valence-corrected chi connectivity index (χ3v) is 3.42. The molecule has 26 heavy (non-hydrogen) atoms. The van der Waals surface area contributed by atoms with Gasteiger partial charge in [-0.25, -0.2) is 4.79 Å². The number of nitrogens with zero attached hydrogens (tertiary/aromatic N) is 1. The number of hydrogen-bond donors (Lipinski definition) is 0. The van der Waals surface area contributed by atoms with Crippen LogP contribution in [0.2, 0.25) is 0 Å². The molecule has 0 aliphatic heterocycles. The van der Waals surface area contributed by atoms with Crippen molar-refractivity contribution in [3.05, 3.63) is 64.6 Å². The molecule has 0 fully saturated rings. The van der Waals surface area contributed by atoms with Crippen LogP contribution in [0.4, 0.5) is 13.2 Å². The Hall–Kier alpha value is -3.23. The summed E-state index contributed by atoms with van der Waals surface area (Å²) in [6, 6.07) is 11.5. The van der Waals surface area contributed by atoms with Crippen LogP contribution in [0.3, 0.4) is 0 Å². The van der Waals surface area contributed by atoms with Crippen molar-refractivity contribution in [2.45, 2.75) is 19.5 Å². The molecule has 136 valence electrons. The number of carbonyl (C=O) groups excluding carboxylic acids is 1. The molecule has 0 aliphatic rings. The molecule has 0 bridgehead atoms. The molecule has 3 aromatic rings. The van der Waals surface area contributed by atoms with Gasteiger partial charge in [0.2, 0.25) is 0 Å². The molecule has 0 saturated heterocycles. The van der Waals surface area contributed by atoms with Crippen LogP contribution in [-0.2, 0) is 22.7 Å². The lowest BCUT2D eigenvalue weighted by Crippen LogP contribution is -2.21. The van der Waals surface area contributed by atoms with Gasteiger partial charge in [0.1, 0.15) is 18.9 Å². The Balaban J connectivity index is 1.60. The van der Waals surface area contributed by atoms with Crippen molar-refractivity contribution in [3.8, 4) is 5.75 Å². The molecule has 0 N–H and O–H groups in total. The number of alkyl halides is 3. The molecule has 0 spiro atoms. The Bertz CT molecular complexity index is 972. The highest BCUT2D eigenvalue weighted by atomic mass is 19.4. The minimum Gasteiger partial charge on any atom is -0.459 e. The van der Waals surface area contributed by atoms with E-state index in [0.29, 0.717) is 16.7 Å². The third kappa shape index (κ3) is 4.24. The number of carbonyl (C=O) groups is 1. The Morgan fingerprint density at radius 2 is 1.77 bits per heavy atom. The lowest BCUT2D eigenvalue weighted by atomic mass is 10.2. The number of hydrogen-bond acceptors (Lipinski definition) is 5. The van der Waals surface area contributed by atoms with Crippen LogP contribution in [0, 0.1) is 0 Å². The van der Waals surface area contributed by atoms with E-state index in [4.69, 9.17) is 9.15 Å². The average Bonchev–Trinajstić information content (AvgIpc) is 2.89. The van der Waals surface area contributed by atoms with Crippen molar-refractivity contribution in [2.75, 3.05) is 0 Å². The summed E-state index contributed by atoms with van der Waals surface area (Å²) in [5.74, 6) is -1.74. The molecule has 6 nitrogen and oxygen atoms in total. The molecule has 0 atom stereocenters. The van der Waals surface area contributed by atoms with Gasteiger partial charge in [-0.1, -0.05) is 24.3 Å². The van der Waals surface area contributed by atoms with Gasteiger partial charge in [-0.15, -0.1) is 13.2 Å². The number of ether oxygens (including phenoxy) is 2. The predicted molar refractivity (Wildman–Crippen MR) is 83.4 cm³/mol. The van der Waals surface area contributed by atoms with Crippen LogP contribution in [0.1, 0.15) is 5.56 Å². The van der Waals surface area contributed by atoms with Gasteiger partial charge < -0.3 is 13.9 Å². The third-order valence-electron chi connectivity index (χ3n) is 3.42. The van der Waals surface area contributed by atoms with Crippen LogP contribution in [0.25, 0.3) is 11.1 Å². The zero-order valence-corrected chi connectivity index (χ0v) is 13.2. The van der Waals surface area contributed by atoms with Crippen molar-refractivity contribution < 1.29 is 31.9 Å². The van der Waals surface area contributed by atoms with Crippen LogP contribution in [-0.4, -0.2) is 16.9 Å². The minimum atomic E-state index is -4.77. The summed E-state index contributed by atoms with van der Waals surface area (Å²) in [6.07, 6.45) is -4.77. The van der Waals surface area contributed by atoms with Gasteiger partial charge in [0.05, 0.1) is 5.52 Å². The van der Waals surface area contributed by atoms with E-state index in [1.807, 2.05) is 0 Å². The SMILES string of the molecule is O=C(Cn1c(=O)oc2ccccc21)OCc1ccc(OC(F)(F)F)cc1. The normalized spacial score (nSPS) is 11.5. The zero-order valence-electron chi connectivity index (χ0n) is 13.2. The van der Waals surface area contributed by atoms with Crippen LogP contribution in [0.5, 0.6) is 5.75 Å². The summed E-state index contributed by atoms with van der Waals surface area (Å²) >= 11 is 0. The van der Waals surface area contributed by atoms with Crippen LogP contribution >= 0.6 is 0 Å². The van der Waals surface area contributed by atoms with Crippen molar-refractivity contribution >= 4 is 17.1 Å². The van der Waals surface area contributed by atoms with Gasteiger partial charge in [-0.05, 0) is 29.8 Å². The second kappa shape index (κ2) is 6.95. The maximum atomic E-state index is 12.1. The van der Waals surface area contributed by atoms with Gasteiger partial charge in [0, 0.05) is 0 Å². The molecule has 0 unspecified atom stereocenters. The van der Waals surface area contributed by atoms with E-state index >= 15 is 0 Å². The summed E-state index contributed by atoms with van der Waals surface area (Å²) in [4.78, 5) is 23.7. The maximum Gasteiger partial charge on any atom is 0.573 e. The van der Waals surface area contributed by atoms with Crippen molar-refractivity contribution in [1.82, 2.24) is 4.57 Å². The van der Waals surface area contributed by atoms with E-state index in [2.05, 4.69) is 4.74 Å².